The zero-order chi connectivity index (χ0) is 22.8. The second-order valence-electron chi connectivity index (χ2n) is 8.82. The summed E-state index contributed by atoms with van der Waals surface area (Å²) in [5.74, 6) is 0.533. The van der Waals surface area contributed by atoms with Crippen molar-refractivity contribution in [3.8, 4) is 17.3 Å². The van der Waals surface area contributed by atoms with Gasteiger partial charge in [0.05, 0.1) is 29.4 Å². The number of carbonyl (C=O) groups is 1. The van der Waals surface area contributed by atoms with Crippen LogP contribution in [0.4, 0.5) is 21.0 Å². The Kier molecular flexibility index (Phi) is 6.13. The Bertz CT molecular complexity index is 1030. The third kappa shape index (κ3) is 4.44. The van der Waals surface area contributed by atoms with E-state index in [4.69, 9.17) is 10.2 Å². The first-order valence-corrected chi connectivity index (χ1v) is 10.2. The van der Waals surface area contributed by atoms with Crippen LogP contribution in [0.2, 0.25) is 0 Å². The molecule has 1 aromatic carbocycles. The minimum atomic E-state index is -1.04. The number of piperidine rings is 1. The van der Waals surface area contributed by atoms with Crippen LogP contribution in [0.3, 0.4) is 0 Å². The number of rotatable bonds is 4. The number of carboxylic acid groups (broad SMARTS) is 1. The lowest BCUT2D eigenvalue weighted by atomic mass is 9.92. The van der Waals surface area contributed by atoms with Crippen molar-refractivity contribution in [1.29, 1.82) is 5.26 Å². The number of benzene rings is 1. The average molecular weight is 428 g/mol. The Morgan fingerprint density at radius 3 is 2.65 bits per heavy atom. The number of likely N-dealkylation sites (tertiary alicyclic amines) is 1. The van der Waals surface area contributed by atoms with Gasteiger partial charge < -0.3 is 15.7 Å². The van der Waals surface area contributed by atoms with Crippen LogP contribution in [0.1, 0.15) is 39.2 Å². The summed E-state index contributed by atoms with van der Waals surface area (Å²) >= 11 is 0. The molecule has 1 unspecified atom stereocenters. The van der Waals surface area contributed by atoms with Crippen LogP contribution >= 0.6 is 0 Å². The number of quaternary nitrogens is 1. The van der Waals surface area contributed by atoms with Gasteiger partial charge >= 0.3 is 6.09 Å². The van der Waals surface area contributed by atoms with Gasteiger partial charge in [0, 0.05) is 18.7 Å². The minimum absolute atomic E-state index is 0.0244. The quantitative estimate of drug-likeness (QED) is 0.641. The third-order valence-electron chi connectivity index (χ3n) is 6.00. The largest absolute Gasteiger partial charge is 0.465 e. The van der Waals surface area contributed by atoms with Gasteiger partial charge in [-0.05, 0) is 45.7 Å². The second kappa shape index (κ2) is 8.47. The fourth-order valence-electron chi connectivity index (χ4n) is 4.30. The van der Waals surface area contributed by atoms with Crippen molar-refractivity contribution < 1.29 is 14.3 Å². The highest BCUT2D eigenvalue weighted by Crippen LogP contribution is 2.38. The molecule has 31 heavy (non-hydrogen) atoms. The van der Waals surface area contributed by atoms with Crippen LogP contribution in [0.5, 0.6) is 0 Å². The number of halogens is 1. The highest BCUT2D eigenvalue weighted by molar-refractivity contribution is 5.66. The Morgan fingerprint density at radius 1 is 1.32 bits per heavy atom. The third-order valence-corrected chi connectivity index (χ3v) is 6.00. The van der Waals surface area contributed by atoms with E-state index in [2.05, 4.69) is 36.4 Å². The molecule has 0 spiro atoms. The SMILES string of the molecule is CNc1nc(-c2ccc(C#N)c(F)c2)cc([N+]2(C(C)(C)C)CCC[C@@H](NC(=O)O)C2)n1. The van der Waals surface area contributed by atoms with E-state index in [1.54, 1.807) is 13.1 Å². The molecule has 3 N–H and O–H groups in total. The molecule has 1 saturated heterocycles. The maximum atomic E-state index is 14.3. The van der Waals surface area contributed by atoms with Gasteiger partial charge in [0.1, 0.15) is 18.4 Å². The van der Waals surface area contributed by atoms with Crippen molar-refractivity contribution in [1.82, 2.24) is 19.8 Å². The van der Waals surface area contributed by atoms with E-state index < -0.39 is 11.9 Å². The lowest BCUT2D eigenvalue weighted by molar-refractivity contribution is 0.0897. The van der Waals surface area contributed by atoms with E-state index in [1.165, 1.54) is 12.1 Å². The predicted molar refractivity (Wildman–Crippen MR) is 117 cm³/mol. The molecular formula is C22H28FN6O2+. The summed E-state index contributed by atoms with van der Waals surface area (Å²) in [4.78, 5) is 20.5. The molecule has 0 saturated carbocycles. The molecule has 1 aromatic heterocycles. The number of aromatic nitrogens is 2. The molecule has 1 aliphatic heterocycles. The molecule has 0 radical (unpaired) electrons. The van der Waals surface area contributed by atoms with Crippen LogP contribution in [0, 0.1) is 17.1 Å². The number of amides is 1. The van der Waals surface area contributed by atoms with Crippen LogP contribution < -0.4 is 15.1 Å². The first-order chi connectivity index (χ1) is 14.6. The fraction of sp³-hybridized carbons (Fsp3) is 0.455. The molecule has 1 aliphatic rings. The highest BCUT2D eigenvalue weighted by atomic mass is 19.1. The average Bonchev–Trinajstić information content (AvgIpc) is 2.72. The summed E-state index contributed by atoms with van der Waals surface area (Å²) < 4.78 is 14.7. The lowest BCUT2D eigenvalue weighted by Gasteiger charge is -2.51. The number of anilines is 1. The summed E-state index contributed by atoms with van der Waals surface area (Å²) in [6.07, 6.45) is 0.563. The summed E-state index contributed by atoms with van der Waals surface area (Å²) in [6, 6.07) is 7.88. The summed E-state index contributed by atoms with van der Waals surface area (Å²) in [5, 5.41) is 23.9. The van der Waals surface area contributed by atoms with E-state index in [9.17, 15) is 14.3 Å². The van der Waals surface area contributed by atoms with Gasteiger partial charge in [-0.1, -0.05) is 6.07 Å². The summed E-state index contributed by atoms with van der Waals surface area (Å²) in [6.45, 7) is 7.68. The van der Waals surface area contributed by atoms with Gasteiger partial charge in [0.2, 0.25) is 11.8 Å². The molecule has 2 heterocycles. The monoisotopic (exact) mass is 427 g/mol. The Labute approximate surface area is 181 Å². The van der Waals surface area contributed by atoms with Gasteiger partial charge in [-0.25, -0.2) is 14.2 Å². The van der Waals surface area contributed by atoms with Gasteiger partial charge in [-0.2, -0.15) is 10.2 Å². The van der Waals surface area contributed by atoms with Crippen molar-refractivity contribution in [2.45, 2.75) is 45.2 Å². The van der Waals surface area contributed by atoms with Crippen molar-refractivity contribution in [3.05, 3.63) is 35.6 Å². The van der Waals surface area contributed by atoms with Crippen molar-refractivity contribution in [2.75, 3.05) is 25.5 Å². The molecule has 1 amide bonds. The van der Waals surface area contributed by atoms with Crippen LogP contribution in [-0.2, 0) is 0 Å². The van der Waals surface area contributed by atoms with E-state index in [-0.39, 0.29) is 17.1 Å². The summed E-state index contributed by atoms with van der Waals surface area (Å²) in [7, 11) is 1.72. The van der Waals surface area contributed by atoms with Crippen molar-refractivity contribution in [3.63, 3.8) is 0 Å². The van der Waals surface area contributed by atoms with Gasteiger partial charge in [0.25, 0.3) is 0 Å². The Morgan fingerprint density at radius 2 is 2.06 bits per heavy atom. The lowest BCUT2D eigenvalue weighted by Crippen LogP contribution is -2.69. The van der Waals surface area contributed by atoms with E-state index in [0.717, 1.165) is 25.2 Å². The van der Waals surface area contributed by atoms with Crippen molar-refractivity contribution in [2.24, 2.45) is 0 Å². The molecule has 9 heteroatoms. The molecule has 0 bridgehead atoms. The van der Waals surface area contributed by atoms with Gasteiger partial charge in [-0.3, -0.25) is 4.48 Å². The van der Waals surface area contributed by atoms with Crippen molar-refractivity contribution >= 4 is 17.9 Å². The number of nitrogens with one attached hydrogen (secondary N) is 2. The standard InChI is InChI=1S/C22H27FN6O2/c1-22(2,3)29(9-5-6-16(13-29)26-21(30)31)19-11-18(27-20(25-4)28-19)14-7-8-15(12-24)17(23)10-14/h7-8,10-11,16,26H,5-6,9,13H2,1-4H3,(H-,25,27,28,30,31)/p+1/t16-,29?/m1/s1. The number of nitrogens with zero attached hydrogens (tertiary/aromatic N) is 4. The molecule has 164 valence electrons. The maximum absolute atomic E-state index is 14.3. The van der Waals surface area contributed by atoms with E-state index in [0.29, 0.717) is 28.2 Å². The Hall–Kier alpha value is -3.25. The molecule has 0 aliphatic carbocycles. The highest BCUT2D eigenvalue weighted by Gasteiger charge is 2.48. The van der Waals surface area contributed by atoms with E-state index in [1.807, 2.05) is 12.1 Å². The van der Waals surface area contributed by atoms with Crippen LogP contribution in [0.15, 0.2) is 24.3 Å². The van der Waals surface area contributed by atoms with Gasteiger partial charge in [-0.15, -0.1) is 0 Å². The van der Waals surface area contributed by atoms with Gasteiger partial charge in [0.15, 0.2) is 0 Å². The molecule has 3 rings (SSSR count). The first kappa shape index (κ1) is 22.4. The minimum Gasteiger partial charge on any atom is -0.465 e. The summed E-state index contributed by atoms with van der Waals surface area (Å²) in [5.41, 5.74) is 0.781. The number of hydrogen-bond donors (Lipinski definition) is 3. The second-order valence-corrected chi connectivity index (χ2v) is 8.82. The molecule has 1 fully saturated rings. The predicted octanol–water partition coefficient (Wildman–Crippen LogP) is 3.73. The zero-order valence-corrected chi connectivity index (χ0v) is 18.2. The zero-order valence-electron chi connectivity index (χ0n) is 18.2. The molecule has 2 aromatic rings. The normalized spacial score (nSPS) is 21.2. The topological polar surface area (TPSA) is 111 Å². The molecule has 8 nitrogen and oxygen atoms in total. The molecular weight excluding hydrogens is 399 g/mol. The fourth-order valence-corrected chi connectivity index (χ4v) is 4.30. The number of nitriles is 1. The molecule has 2 atom stereocenters. The smallest absolute Gasteiger partial charge is 0.405 e. The van der Waals surface area contributed by atoms with E-state index >= 15 is 0 Å². The number of hydrogen-bond acceptors (Lipinski definition) is 5. The van der Waals surface area contributed by atoms with Crippen LogP contribution in [0.25, 0.3) is 11.3 Å². The van der Waals surface area contributed by atoms with Crippen LogP contribution in [-0.4, -0.2) is 52.9 Å². The first-order valence-electron chi connectivity index (χ1n) is 10.2. The maximum Gasteiger partial charge on any atom is 0.405 e. The Balaban J connectivity index is 2.14.